The molecule has 0 spiro atoms. The minimum atomic E-state index is -0.244. The molecule has 3 heterocycles. The summed E-state index contributed by atoms with van der Waals surface area (Å²) in [5, 5.41) is 0. The molecule has 2 aliphatic rings. The van der Waals surface area contributed by atoms with E-state index in [4.69, 9.17) is 4.42 Å². The molecule has 0 bridgehead atoms. The van der Waals surface area contributed by atoms with E-state index in [1.165, 1.54) is 10.5 Å². The van der Waals surface area contributed by atoms with Crippen molar-refractivity contribution < 1.29 is 14.0 Å². The number of amides is 2. The van der Waals surface area contributed by atoms with Crippen LogP contribution in [0.5, 0.6) is 0 Å². The van der Waals surface area contributed by atoms with E-state index >= 15 is 0 Å². The fourth-order valence-electron chi connectivity index (χ4n) is 5.02. The van der Waals surface area contributed by atoms with Crippen molar-refractivity contribution in [3.05, 3.63) is 101 Å². The second-order valence-corrected chi connectivity index (χ2v) is 9.42. The second kappa shape index (κ2) is 9.34. The van der Waals surface area contributed by atoms with Crippen molar-refractivity contribution >= 4 is 17.4 Å². The van der Waals surface area contributed by atoms with Gasteiger partial charge in [-0.25, -0.2) is 0 Å². The molecular formula is C29H30N2O3. The molecule has 5 rings (SSSR count). The Labute approximate surface area is 200 Å². The van der Waals surface area contributed by atoms with E-state index in [-0.39, 0.29) is 18.4 Å². The van der Waals surface area contributed by atoms with Crippen LogP contribution in [0.15, 0.2) is 77.0 Å². The highest BCUT2D eigenvalue weighted by Crippen LogP contribution is 2.35. The summed E-state index contributed by atoms with van der Waals surface area (Å²) in [7, 11) is 0. The molecule has 0 radical (unpaired) electrons. The quantitative estimate of drug-likeness (QED) is 0.485. The Morgan fingerprint density at radius 3 is 2.32 bits per heavy atom. The predicted octanol–water partition coefficient (Wildman–Crippen LogP) is 5.13. The zero-order chi connectivity index (χ0) is 23.7. The van der Waals surface area contributed by atoms with E-state index in [2.05, 4.69) is 36.1 Å². The molecule has 5 nitrogen and oxygen atoms in total. The Morgan fingerprint density at radius 1 is 0.882 bits per heavy atom. The lowest BCUT2D eigenvalue weighted by atomic mass is 9.89. The molecule has 2 amide bonds. The van der Waals surface area contributed by atoms with E-state index in [9.17, 15) is 9.59 Å². The van der Waals surface area contributed by atoms with Gasteiger partial charge in [-0.05, 0) is 73.4 Å². The number of carbonyl (C=O) groups is 2. The number of rotatable bonds is 6. The number of benzene rings is 2. The lowest BCUT2D eigenvalue weighted by molar-refractivity contribution is -0.138. The van der Waals surface area contributed by atoms with Gasteiger partial charge < -0.3 is 9.32 Å². The average molecular weight is 455 g/mol. The number of piperidine rings is 1. The number of hydrogen-bond donors (Lipinski definition) is 0. The summed E-state index contributed by atoms with van der Waals surface area (Å²) in [6.45, 7) is 5.78. The zero-order valence-corrected chi connectivity index (χ0v) is 19.8. The largest absolute Gasteiger partial charge is 0.467 e. The van der Waals surface area contributed by atoms with Crippen LogP contribution in [0.4, 0.5) is 0 Å². The minimum absolute atomic E-state index is 0.146. The first-order chi connectivity index (χ1) is 16.5. The second-order valence-electron chi connectivity index (χ2n) is 9.42. The molecule has 1 fully saturated rings. The van der Waals surface area contributed by atoms with Crippen molar-refractivity contribution in [1.82, 2.24) is 9.80 Å². The number of likely N-dealkylation sites (tertiary alicyclic amines) is 1. The van der Waals surface area contributed by atoms with Gasteiger partial charge in [-0.2, -0.15) is 0 Å². The third-order valence-electron chi connectivity index (χ3n) is 7.13. The molecule has 5 heteroatoms. The number of hydrogen-bond acceptors (Lipinski definition) is 4. The molecule has 0 N–H and O–H groups in total. The van der Waals surface area contributed by atoms with Crippen LogP contribution in [-0.4, -0.2) is 34.7 Å². The van der Waals surface area contributed by atoms with Gasteiger partial charge in [0.25, 0.3) is 11.8 Å². The summed E-state index contributed by atoms with van der Waals surface area (Å²) in [6.07, 6.45) is 4.61. The van der Waals surface area contributed by atoms with Crippen LogP contribution < -0.4 is 0 Å². The van der Waals surface area contributed by atoms with E-state index in [0.29, 0.717) is 22.9 Å². The Kier molecular flexibility index (Phi) is 6.10. The van der Waals surface area contributed by atoms with Crippen molar-refractivity contribution in [3.8, 4) is 0 Å². The topological polar surface area (TPSA) is 53.8 Å². The maximum absolute atomic E-state index is 13.6. The maximum atomic E-state index is 13.6. The average Bonchev–Trinajstić information content (AvgIpc) is 3.44. The highest BCUT2D eigenvalue weighted by Gasteiger charge is 2.42. The van der Waals surface area contributed by atoms with E-state index < -0.39 is 0 Å². The Balaban J connectivity index is 1.42. The van der Waals surface area contributed by atoms with Crippen LogP contribution in [0.3, 0.4) is 0 Å². The number of nitrogens with zero attached hydrogens (tertiary/aromatic N) is 2. The van der Waals surface area contributed by atoms with Gasteiger partial charge in [0.15, 0.2) is 0 Å². The highest BCUT2D eigenvalue weighted by atomic mass is 16.3. The molecule has 0 unspecified atom stereocenters. The zero-order valence-electron chi connectivity index (χ0n) is 19.8. The van der Waals surface area contributed by atoms with Crippen molar-refractivity contribution in [2.75, 3.05) is 13.1 Å². The molecule has 1 saturated heterocycles. The van der Waals surface area contributed by atoms with Crippen molar-refractivity contribution in [2.45, 2.75) is 39.7 Å². The van der Waals surface area contributed by atoms with Crippen LogP contribution in [-0.2, 0) is 22.6 Å². The van der Waals surface area contributed by atoms with Crippen LogP contribution >= 0.6 is 0 Å². The molecule has 2 aromatic carbocycles. The third-order valence-corrected chi connectivity index (χ3v) is 7.13. The first-order valence-electron chi connectivity index (χ1n) is 12.0. The highest BCUT2D eigenvalue weighted by molar-refractivity contribution is 6.35. The van der Waals surface area contributed by atoms with Gasteiger partial charge in [0.05, 0.1) is 18.4 Å². The monoisotopic (exact) mass is 454 g/mol. The first-order valence-corrected chi connectivity index (χ1v) is 12.0. The number of furan rings is 1. The number of aryl methyl sites for hydroxylation is 2. The fraction of sp³-hybridized carbons (Fsp3) is 0.310. The molecule has 0 atom stereocenters. The molecule has 2 aliphatic heterocycles. The van der Waals surface area contributed by atoms with Crippen molar-refractivity contribution in [2.24, 2.45) is 5.92 Å². The number of imide groups is 1. The molecular weight excluding hydrogens is 424 g/mol. The predicted molar refractivity (Wildman–Crippen MR) is 132 cm³/mol. The maximum Gasteiger partial charge on any atom is 0.278 e. The van der Waals surface area contributed by atoms with Crippen molar-refractivity contribution in [3.63, 3.8) is 0 Å². The summed E-state index contributed by atoms with van der Waals surface area (Å²) < 4.78 is 5.44. The van der Waals surface area contributed by atoms with Gasteiger partial charge in [-0.3, -0.25) is 14.5 Å². The Hall–Kier alpha value is -3.60. The van der Waals surface area contributed by atoms with Gasteiger partial charge in [-0.15, -0.1) is 0 Å². The summed E-state index contributed by atoms with van der Waals surface area (Å²) in [5.41, 5.74) is 5.49. The van der Waals surface area contributed by atoms with Crippen LogP contribution in [0.25, 0.3) is 5.57 Å². The number of carbonyl (C=O) groups excluding carboxylic acids is 2. The van der Waals surface area contributed by atoms with E-state index in [1.807, 2.05) is 31.2 Å². The summed E-state index contributed by atoms with van der Waals surface area (Å²) >= 11 is 0. The van der Waals surface area contributed by atoms with Gasteiger partial charge in [0.1, 0.15) is 11.5 Å². The standard InChI is InChI=1S/C29H30N2O3/c1-20-10-11-24(17-21(20)2)26-27(29(33)31(28(26)32)19-25-9-6-16-34-25)30-14-12-23(13-15-30)18-22-7-4-3-5-8-22/h3-11,16-17,23H,12-15,18-19H2,1-2H3. The van der Waals surface area contributed by atoms with E-state index in [0.717, 1.165) is 49.0 Å². The van der Waals surface area contributed by atoms with Crippen LogP contribution in [0.2, 0.25) is 0 Å². The van der Waals surface area contributed by atoms with Gasteiger partial charge in [0, 0.05) is 13.1 Å². The summed E-state index contributed by atoms with van der Waals surface area (Å²) in [6, 6.07) is 20.1. The van der Waals surface area contributed by atoms with Crippen LogP contribution in [0.1, 0.15) is 40.9 Å². The lowest BCUT2D eigenvalue weighted by Gasteiger charge is -2.34. The SMILES string of the molecule is Cc1ccc(C2=C(N3CCC(Cc4ccccc4)CC3)C(=O)N(Cc3ccco3)C2=O)cc1C. The normalized spacial score (nSPS) is 17.2. The first kappa shape index (κ1) is 22.2. The van der Waals surface area contributed by atoms with E-state index in [1.54, 1.807) is 18.4 Å². The fourth-order valence-corrected chi connectivity index (χ4v) is 5.02. The molecule has 0 saturated carbocycles. The molecule has 34 heavy (non-hydrogen) atoms. The minimum Gasteiger partial charge on any atom is -0.467 e. The molecule has 174 valence electrons. The Bertz CT molecular complexity index is 1220. The van der Waals surface area contributed by atoms with Crippen molar-refractivity contribution in [1.29, 1.82) is 0 Å². The van der Waals surface area contributed by atoms with Gasteiger partial charge >= 0.3 is 0 Å². The molecule has 1 aromatic heterocycles. The third kappa shape index (κ3) is 4.30. The molecule has 0 aliphatic carbocycles. The molecule has 3 aromatic rings. The van der Waals surface area contributed by atoms with Crippen LogP contribution in [0, 0.1) is 19.8 Å². The summed E-state index contributed by atoms with van der Waals surface area (Å²) in [5.74, 6) is 0.710. The smallest absolute Gasteiger partial charge is 0.278 e. The Morgan fingerprint density at radius 2 is 1.65 bits per heavy atom. The lowest BCUT2D eigenvalue weighted by Crippen LogP contribution is -2.38. The van der Waals surface area contributed by atoms with Gasteiger partial charge in [0.2, 0.25) is 0 Å². The van der Waals surface area contributed by atoms with Gasteiger partial charge in [-0.1, -0.05) is 48.5 Å². The summed E-state index contributed by atoms with van der Waals surface area (Å²) in [4.78, 5) is 30.7.